The Kier molecular flexibility index (Phi) is 4.14. The highest BCUT2D eigenvalue weighted by molar-refractivity contribution is 5.51. The number of para-hydroxylation sites is 1. The molecule has 5 heteroatoms. The Balaban J connectivity index is 2.09. The molecule has 0 saturated heterocycles. The minimum absolute atomic E-state index is 0.241. The molecule has 19 heavy (non-hydrogen) atoms. The largest absolute Gasteiger partial charge is 0.375 e. The fourth-order valence-electron chi connectivity index (χ4n) is 1.95. The molecule has 0 atom stereocenters. The SMILES string of the molecule is Cc1cccc(F)c1NCc1ncnn1CC(C)C. The van der Waals surface area contributed by atoms with Crippen LogP contribution in [0.1, 0.15) is 25.2 Å². The molecule has 0 spiro atoms. The second kappa shape index (κ2) is 5.82. The van der Waals surface area contributed by atoms with Crippen LogP contribution in [-0.2, 0) is 13.1 Å². The van der Waals surface area contributed by atoms with Crippen molar-refractivity contribution in [2.75, 3.05) is 5.32 Å². The van der Waals surface area contributed by atoms with Gasteiger partial charge < -0.3 is 5.32 Å². The number of aryl methyl sites for hydroxylation is 1. The molecule has 2 aromatic rings. The molecule has 0 fully saturated rings. The van der Waals surface area contributed by atoms with Crippen molar-refractivity contribution >= 4 is 5.69 Å². The van der Waals surface area contributed by atoms with E-state index >= 15 is 0 Å². The summed E-state index contributed by atoms with van der Waals surface area (Å²) in [4.78, 5) is 4.21. The van der Waals surface area contributed by atoms with Gasteiger partial charge in [0, 0.05) is 6.54 Å². The zero-order chi connectivity index (χ0) is 13.8. The zero-order valence-electron chi connectivity index (χ0n) is 11.5. The topological polar surface area (TPSA) is 42.7 Å². The summed E-state index contributed by atoms with van der Waals surface area (Å²) in [5, 5.41) is 7.28. The van der Waals surface area contributed by atoms with Crippen LogP contribution in [0.2, 0.25) is 0 Å². The van der Waals surface area contributed by atoms with Gasteiger partial charge in [0.1, 0.15) is 18.0 Å². The Bertz CT molecular complexity index is 528. The third kappa shape index (κ3) is 3.30. The number of aromatic nitrogens is 3. The van der Waals surface area contributed by atoms with Crippen LogP contribution >= 0.6 is 0 Å². The molecule has 0 aliphatic heterocycles. The van der Waals surface area contributed by atoms with Crippen molar-refractivity contribution in [2.45, 2.75) is 33.9 Å². The first kappa shape index (κ1) is 13.5. The fourth-order valence-corrected chi connectivity index (χ4v) is 1.95. The molecule has 0 saturated carbocycles. The van der Waals surface area contributed by atoms with Gasteiger partial charge in [-0.3, -0.25) is 0 Å². The normalized spacial score (nSPS) is 11.0. The van der Waals surface area contributed by atoms with E-state index in [1.54, 1.807) is 6.07 Å². The summed E-state index contributed by atoms with van der Waals surface area (Å²) in [6.07, 6.45) is 1.54. The van der Waals surface area contributed by atoms with E-state index in [0.29, 0.717) is 18.2 Å². The second-order valence-electron chi connectivity index (χ2n) is 5.04. The lowest BCUT2D eigenvalue weighted by Gasteiger charge is -2.12. The Hall–Kier alpha value is -1.91. The highest BCUT2D eigenvalue weighted by atomic mass is 19.1. The average molecular weight is 262 g/mol. The van der Waals surface area contributed by atoms with E-state index in [1.807, 2.05) is 17.7 Å². The first-order chi connectivity index (χ1) is 9.08. The Morgan fingerprint density at radius 1 is 1.37 bits per heavy atom. The Labute approximate surface area is 112 Å². The molecular formula is C14H19FN4. The number of benzene rings is 1. The third-order valence-corrected chi connectivity index (χ3v) is 2.88. The number of hydrogen-bond donors (Lipinski definition) is 1. The molecule has 0 amide bonds. The number of halogens is 1. The summed E-state index contributed by atoms with van der Waals surface area (Å²) in [6, 6.07) is 5.04. The lowest BCUT2D eigenvalue weighted by atomic mass is 10.2. The standard InChI is InChI=1S/C14H19FN4/c1-10(2)8-19-13(17-9-18-19)7-16-14-11(3)5-4-6-12(14)15/h4-6,9-10,16H,7-8H2,1-3H3. The Morgan fingerprint density at radius 2 is 2.16 bits per heavy atom. The van der Waals surface area contributed by atoms with Gasteiger partial charge in [-0.1, -0.05) is 26.0 Å². The molecule has 1 heterocycles. The van der Waals surface area contributed by atoms with E-state index in [4.69, 9.17) is 0 Å². The monoisotopic (exact) mass is 262 g/mol. The van der Waals surface area contributed by atoms with Gasteiger partial charge in [-0.25, -0.2) is 14.1 Å². The van der Waals surface area contributed by atoms with Crippen LogP contribution in [-0.4, -0.2) is 14.8 Å². The lowest BCUT2D eigenvalue weighted by molar-refractivity contribution is 0.468. The summed E-state index contributed by atoms with van der Waals surface area (Å²) in [6.45, 7) is 7.41. The lowest BCUT2D eigenvalue weighted by Crippen LogP contribution is -2.14. The van der Waals surface area contributed by atoms with Crippen LogP contribution < -0.4 is 5.32 Å². The van der Waals surface area contributed by atoms with E-state index in [2.05, 4.69) is 29.2 Å². The number of hydrogen-bond acceptors (Lipinski definition) is 3. The molecule has 1 aromatic heterocycles. The number of nitrogens with zero attached hydrogens (tertiary/aromatic N) is 3. The number of anilines is 1. The smallest absolute Gasteiger partial charge is 0.146 e. The van der Waals surface area contributed by atoms with Crippen LogP contribution in [0.3, 0.4) is 0 Å². The molecule has 0 aliphatic rings. The van der Waals surface area contributed by atoms with Crippen molar-refractivity contribution in [3.8, 4) is 0 Å². The fraction of sp³-hybridized carbons (Fsp3) is 0.429. The maximum Gasteiger partial charge on any atom is 0.146 e. The first-order valence-electron chi connectivity index (χ1n) is 6.43. The molecule has 1 aromatic carbocycles. The van der Waals surface area contributed by atoms with Gasteiger partial charge in [0.05, 0.1) is 12.2 Å². The van der Waals surface area contributed by atoms with Crippen molar-refractivity contribution in [1.82, 2.24) is 14.8 Å². The molecule has 0 aliphatic carbocycles. The molecule has 0 bridgehead atoms. The van der Waals surface area contributed by atoms with Crippen molar-refractivity contribution in [2.24, 2.45) is 5.92 Å². The maximum atomic E-state index is 13.7. The quantitative estimate of drug-likeness (QED) is 0.900. The van der Waals surface area contributed by atoms with Crippen LogP contribution in [0.25, 0.3) is 0 Å². The van der Waals surface area contributed by atoms with Gasteiger partial charge in [-0.05, 0) is 24.5 Å². The molecule has 1 N–H and O–H groups in total. The highest BCUT2D eigenvalue weighted by Crippen LogP contribution is 2.19. The average Bonchev–Trinajstić information content (AvgIpc) is 2.75. The molecule has 0 unspecified atom stereocenters. The zero-order valence-corrected chi connectivity index (χ0v) is 11.5. The summed E-state index contributed by atoms with van der Waals surface area (Å²) in [5.74, 6) is 1.07. The molecule has 4 nitrogen and oxygen atoms in total. The number of rotatable bonds is 5. The van der Waals surface area contributed by atoms with E-state index in [9.17, 15) is 4.39 Å². The summed E-state index contributed by atoms with van der Waals surface area (Å²) in [5.41, 5.74) is 1.41. The van der Waals surface area contributed by atoms with Gasteiger partial charge in [-0.15, -0.1) is 0 Å². The summed E-state index contributed by atoms with van der Waals surface area (Å²) < 4.78 is 15.5. The van der Waals surface area contributed by atoms with E-state index in [1.165, 1.54) is 12.4 Å². The predicted molar refractivity (Wildman–Crippen MR) is 73.3 cm³/mol. The van der Waals surface area contributed by atoms with Crippen molar-refractivity contribution in [3.05, 3.63) is 41.7 Å². The van der Waals surface area contributed by atoms with Crippen molar-refractivity contribution in [1.29, 1.82) is 0 Å². The summed E-state index contributed by atoms with van der Waals surface area (Å²) in [7, 11) is 0. The van der Waals surface area contributed by atoms with Crippen LogP contribution in [0.15, 0.2) is 24.5 Å². The minimum atomic E-state index is -0.241. The number of nitrogens with one attached hydrogen (secondary N) is 1. The van der Waals surface area contributed by atoms with Gasteiger partial charge in [0.15, 0.2) is 0 Å². The second-order valence-corrected chi connectivity index (χ2v) is 5.04. The summed E-state index contributed by atoms with van der Waals surface area (Å²) >= 11 is 0. The highest BCUT2D eigenvalue weighted by Gasteiger charge is 2.09. The third-order valence-electron chi connectivity index (χ3n) is 2.88. The molecular weight excluding hydrogens is 243 g/mol. The first-order valence-corrected chi connectivity index (χ1v) is 6.43. The van der Waals surface area contributed by atoms with Crippen LogP contribution in [0, 0.1) is 18.7 Å². The van der Waals surface area contributed by atoms with E-state index in [-0.39, 0.29) is 5.82 Å². The van der Waals surface area contributed by atoms with Crippen molar-refractivity contribution < 1.29 is 4.39 Å². The Morgan fingerprint density at radius 3 is 2.84 bits per heavy atom. The van der Waals surface area contributed by atoms with E-state index in [0.717, 1.165) is 17.9 Å². The maximum absolute atomic E-state index is 13.7. The minimum Gasteiger partial charge on any atom is -0.375 e. The van der Waals surface area contributed by atoms with Gasteiger partial charge in [0.25, 0.3) is 0 Å². The van der Waals surface area contributed by atoms with Gasteiger partial charge in [0.2, 0.25) is 0 Å². The molecule has 102 valence electrons. The van der Waals surface area contributed by atoms with Crippen LogP contribution in [0.4, 0.5) is 10.1 Å². The molecule has 0 radical (unpaired) electrons. The van der Waals surface area contributed by atoms with Gasteiger partial charge >= 0.3 is 0 Å². The van der Waals surface area contributed by atoms with Crippen molar-refractivity contribution in [3.63, 3.8) is 0 Å². The molecule has 2 rings (SSSR count). The van der Waals surface area contributed by atoms with Gasteiger partial charge in [-0.2, -0.15) is 5.10 Å². The van der Waals surface area contributed by atoms with Crippen LogP contribution in [0.5, 0.6) is 0 Å². The van der Waals surface area contributed by atoms with E-state index < -0.39 is 0 Å². The predicted octanol–water partition coefficient (Wildman–Crippen LogP) is 2.99.